The molecule has 128 valence electrons. The number of carbonyl (C=O) groups is 1. The predicted molar refractivity (Wildman–Crippen MR) is 91.4 cm³/mol. The van der Waals surface area contributed by atoms with Crippen LogP contribution < -0.4 is 5.32 Å². The highest BCUT2D eigenvalue weighted by molar-refractivity contribution is 5.74. The smallest absolute Gasteiger partial charge is 0.317 e. The Morgan fingerprint density at radius 2 is 1.96 bits per heavy atom. The van der Waals surface area contributed by atoms with E-state index in [0.717, 1.165) is 24.9 Å². The molecule has 3 rings (SSSR count). The molecule has 1 aromatic heterocycles. The van der Waals surface area contributed by atoms with Crippen molar-refractivity contribution in [2.75, 3.05) is 19.7 Å². The molecule has 2 heterocycles. The van der Waals surface area contributed by atoms with Crippen molar-refractivity contribution in [1.82, 2.24) is 20.0 Å². The van der Waals surface area contributed by atoms with Gasteiger partial charge in [0.25, 0.3) is 0 Å². The number of rotatable bonds is 5. The van der Waals surface area contributed by atoms with Gasteiger partial charge in [-0.1, -0.05) is 30.3 Å². The number of aliphatic hydroxyl groups excluding tert-OH is 1. The van der Waals surface area contributed by atoms with Gasteiger partial charge in [-0.25, -0.2) is 4.79 Å². The first-order chi connectivity index (χ1) is 11.7. The van der Waals surface area contributed by atoms with Crippen LogP contribution in [-0.2, 0) is 13.1 Å². The molecular formula is C18H24N4O2. The number of aromatic nitrogens is 2. The van der Waals surface area contributed by atoms with E-state index in [2.05, 4.69) is 22.5 Å². The summed E-state index contributed by atoms with van der Waals surface area (Å²) in [6.45, 7) is 2.85. The monoisotopic (exact) mass is 328 g/mol. The summed E-state index contributed by atoms with van der Waals surface area (Å²) < 4.78 is 1.88. The fraction of sp³-hybridized carbons (Fsp3) is 0.444. The van der Waals surface area contributed by atoms with Crippen molar-refractivity contribution >= 4 is 6.03 Å². The summed E-state index contributed by atoms with van der Waals surface area (Å²) in [5.74, 6) is 0.338. The average molecular weight is 328 g/mol. The van der Waals surface area contributed by atoms with E-state index in [-0.39, 0.29) is 12.6 Å². The molecular weight excluding hydrogens is 304 g/mol. The Kier molecular flexibility index (Phi) is 5.48. The van der Waals surface area contributed by atoms with Crippen LogP contribution in [-0.4, -0.2) is 45.5 Å². The minimum absolute atomic E-state index is 0.0396. The molecule has 1 aliphatic rings. The molecule has 2 N–H and O–H groups in total. The van der Waals surface area contributed by atoms with Crippen molar-refractivity contribution in [3.63, 3.8) is 0 Å². The molecule has 0 unspecified atom stereocenters. The number of nitrogens with zero attached hydrogens (tertiary/aromatic N) is 3. The van der Waals surface area contributed by atoms with Gasteiger partial charge in [0.1, 0.15) is 0 Å². The zero-order chi connectivity index (χ0) is 16.8. The summed E-state index contributed by atoms with van der Waals surface area (Å²) in [5, 5.41) is 16.4. The zero-order valence-corrected chi connectivity index (χ0v) is 13.8. The molecule has 0 atom stereocenters. The van der Waals surface area contributed by atoms with Gasteiger partial charge in [0.15, 0.2) is 0 Å². The van der Waals surface area contributed by atoms with Crippen LogP contribution in [0.25, 0.3) is 0 Å². The molecule has 0 spiro atoms. The van der Waals surface area contributed by atoms with Crippen molar-refractivity contribution in [1.29, 1.82) is 0 Å². The summed E-state index contributed by atoms with van der Waals surface area (Å²) in [6.07, 6.45) is 5.50. The summed E-state index contributed by atoms with van der Waals surface area (Å²) in [6, 6.07) is 10.1. The molecule has 1 aliphatic heterocycles. The Balaban J connectivity index is 1.46. The zero-order valence-electron chi connectivity index (χ0n) is 13.8. The van der Waals surface area contributed by atoms with Crippen LogP contribution in [0.5, 0.6) is 0 Å². The molecule has 1 fully saturated rings. The van der Waals surface area contributed by atoms with E-state index in [1.807, 2.05) is 34.0 Å². The van der Waals surface area contributed by atoms with Gasteiger partial charge in [0.05, 0.1) is 12.7 Å². The average Bonchev–Trinajstić information content (AvgIpc) is 3.08. The fourth-order valence-electron chi connectivity index (χ4n) is 2.96. The first-order valence-electron chi connectivity index (χ1n) is 8.43. The molecule has 6 nitrogen and oxygen atoms in total. The van der Waals surface area contributed by atoms with Gasteiger partial charge in [-0.2, -0.15) is 5.10 Å². The van der Waals surface area contributed by atoms with Crippen molar-refractivity contribution in [3.8, 4) is 0 Å². The maximum Gasteiger partial charge on any atom is 0.317 e. The summed E-state index contributed by atoms with van der Waals surface area (Å²) in [7, 11) is 0. The van der Waals surface area contributed by atoms with Gasteiger partial charge in [-0.3, -0.25) is 4.68 Å². The quantitative estimate of drug-likeness (QED) is 0.880. The van der Waals surface area contributed by atoms with E-state index in [4.69, 9.17) is 5.11 Å². The van der Waals surface area contributed by atoms with E-state index in [9.17, 15) is 4.79 Å². The van der Waals surface area contributed by atoms with Gasteiger partial charge in [-0.15, -0.1) is 0 Å². The number of hydrogen-bond donors (Lipinski definition) is 2. The Morgan fingerprint density at radius 1 is 1.21 bits per heavy atom. The number of aliphatic hydroxyl groups is 1. The molecule has 24 heavy (non-hydrogen) atoms. The standard InChI is InChI=1S/C18H24N4O2/c23-14-16-6-8-21(9-7-16)18(24)19-10-17-11-20-22(13-17)12-15-4-2-1-3-5-15/h1-5,11,13,16,23H,6-10,12,14H2,(H,19,24). The Bertz CT molecular complexity index is 648. The van der Waals surface area contributed by atoms with Crippen LogP contribution in [0.1, 0.15) is 24.0 Å². The lowest BCUT2D eigenvalue weighted by Crippen LogP contribution is -2.44. The number of urea groups is 1. The lowest BCUT2D eigenvalue weighted by Gasteiger charge is -2.31. The maximum absolute atomic E-state index is 12.2. The highest BCUT2D eigenvalue weighted by Crippen LogP contribution is 2.16. The number of hydrogen-bond acceptors (Lipinski definition) is 3. The van der Waals surface area contributed by atoms with E-state index < -0.39 is 0 Å². The predicted octanol–water partition coefficient (Wildman–Crippen LogP) is 1.85. The third-order valence-electron chi connectivity index (χ3n) is 4.48. The van der Waals surface area contributed by atoms with E-state index in [0.29, 0.717) is 25.6 Å². The fourth-order valence-corrected chi connectivity index (χ4v) is 2.96. The van der Waals surface area contributed by atoms with Gasteiger partial charge in [-0.05, 0) is 24.3 Å². The van der Waals surface area contributed by atoms with Crippen LogP contribution >= 0.6 is 0 Å². The summed E-state index contributed by atoms with van der Waals surface area (Å²) in [5.41, 5.74) is 2.19. The maximum atomic E-state index is 12.2. The lowest BCUT2D eigenvalue weighted by molar-refractivity contribution is 0.137. The Labute approximate surface area is 142 Å². The number of likely N-dealkylation sites (tertiary alicyclic amines) is 1. The van der Waals surface area contributed by atoms with Gasteiger partial charge >= 0.3 is 6.03 Å². The Hall–Kier alpha value is -2.34. The highest BCUT2D eigenvalue weighted by Gasteiger charge is 2.21. The van der Waals surface area contributed by atoms with Crippen molar-refractivity contribution in [3.05, 3.63) is 53.9 Å². The number of piperidine rings is 1. The molecule has 0 bridgehead atoms. The van der Waals surface area contributed by atoms with Gasteiger partial charge in [0.2, 0.25) is 0 Å². The molecule has 0 radical (unpaired) electrons. The topological polar surface area (TPSA) is 70.4 Å². The SMILES string of the molecule is O=C(NCc1cnn(Cc2ccccc2)c1)N1CCC(CO)CC1. The van der Waals surface area contributed by atoms with E-state index in [1.165, 1.54) is 5.56 Å². The normalized spacial score (nSPS) is 15.5. The second-order valence-electron chi connectivity index (χ2n) is 6.30. The highest BCUT2D eigenvalue weighted by atomic mass is 16.3. The minimum atomic E-state index is -0.0396. The lowest BCUT2D eigenvalue weighted by atomic mass is 9.98. The first kappa shape index (κ1) is 16.5. The third kappa shape index (κ3) is 4.35. The third-order valence-corrected chi connectivity index (χ3v) is 4.48. The van der Waals surface area contributed by atoms with Crippen LogP contribution in [0.4, 0.5) is 4.79 Å². The number of benzene rings is 1. The number of amides is 2. The van der Waals surface area contributed by atoms with E-state index in [1.54, 1.807) is 6.20 Å². The first-order valence-corrected chi connectivity index (χ1v) is 8.43. The second-order valence-corrected chi connectivity index (χ2v) is 6.30. The largest absolute Gasteiger partial charge is 0.396 e. The molecule has 1 aromatic carbocycles. The van der Waals surface area contributed by atoms with Crippen molar-refractivity contribution in [2.45, 2.75) is 25.9 Å². The molecule has 2 amide bonds. The van der Waals surface area contributed by atoms with Crippen LogP contribution in [0.3, 0.4) is 0 Å². The molecule has 1 saturated heterocycles. The number of carbonyl (C=O) groups excluding carboxylic acids is 1. The van der Waals surface area contributed by atoms with E-state index >= 15 is 0 Å². The molecule has 2 aromatic rings. The van der Waals surface area contributed by atoms with Crippen LogP contribution in [0.2, 0.25) is 0 Å². The van der Waals surface area contributed by atoms with Crippen molar-refractivity contribution in [2.24, 2.45) is 5.92 Å². The Morgan fingerprint density at radius 3 is 2.67 bits per heavy atom. The van der Waals surface area contributed by atoms with Crippen LogP contribution in [0.15, 0.2) is 42.7 Å². The number of nitrogens with one attached hydrogen (secondary N) is 1. The second kappa shape index (κ2) is 7.97. The van der Waals surface area contributed by atoms with Gasteiger partial charge < -0.3 is 15.3 Å². The van der Waals surface area contributed by atoms with Gasteiger partial charge in [0, 0.05) is 38.0 Å². The van der Waals surface area contributed by atoms with Crippen molar-refractivity contribution < 1.29 is 9.90 Å². The molecule has 0 saturated carbocycles. The molecule has 6 heteroatoms. The molecule has 0 aliphatic carbocycles. The minimum Gasteiger partial charge on any atom is -0.396 e. The summed E-state index contributed by atoms with van der Waals surface area (Å²) in [4.78, 5) is 14.0. The summed E-state index contributed by atoms with van der Waals surface area (Å²) >= 11 is 0. The van der Waals surface area contributed by atoms with Crippen LogP contribution in [0, 0.1) is 5.92 Å².